The minimum Gasteiger partial charge on any atom is -0.337 e. The van der Waals surface area contributed by atoms with Crippen molar-refractivity contribution in [3.05, 3.63) is 64.5 Å². The average molecular weight is 444 g/mol. The zero-order valence-corrected chi connectivity index (χ0v) is 18.0. The Kier molecular flexibility index (Phi) is 5.13. The van der Waals surface area contributed by atoms with Gasteiger partial charge in [0.05, 0.1) is 4.90 Å². The smallest absolute Gasteiger partial charge is 0.245 e. The van der Waals surface area contributed by atoms with E-state index < -0.39 is 16.1 Å². The van der Waals surface area contributed by atoms with Crippen molar-refractivity contribution in [1.29, 1.82) is 0 Å². The molecule has 1 saturated heterocycles. The number of aryl methyl sites for hydroxylation is 2. The second-order valence-corrected chi connectivity index (χ2v) is 10.2. The molecular formula is C22H22ClN3O3S. The van der Waals surface area contributed by atoms with Crippen molar-refractivity contribution in [1.82, 2.24) is 14.4 Å². The van der Waals surface area contributed by atoms with Crippen molar-refractivity contribution in [2.45, 2.75) is 49.5 Å². The van der Waals surface area contributed by atoms with Crippen LogP contribution in [0.15, 0.2) is 51.9 Å². The SMILES string of the molecule is O=S(=O)(c1ccc2c(c1)CCCC2)N1CCC[C@H]1c1nc(-c2cccc(Cl)c2)no1. The van der Waals surface area contributed by atoms with Crippen LogP contribution >= 0.6 is 11.6 Å². The van der Waals surface area contributed by atoms with Gasteiger partial charge in [-0.15, -0.1) is 0 Å². The molecule has 8 heteroatoms. The van der Waals surface area contributed by atoms with Gasteiger partial charge in [0.25, 0.3) is 0 Å². The molecule has 2 aromatic carbocycles. The summed E-state index contributed by atoms with van der Waals surface area (Å²) in [4.78, 5) is 4.84. The van der Waals surface area contributed by atoms with Gasteiger partial charge in [0.1, 0.15) is 6.04 Å². The zero-order chi connectivity index (χ0) is 20.7. The van der Waals surface area contributed by atoms with Gasteiger partial charge >= 0.3 is 0 Å². The Morgan fingerprint density at radius 2 is 1.87 bits per heavy atom. The number of rotatable bonds is 4. The fraction of sp³-hybridized carbons (Fsp3) is 0.364. The Morgan fingerprint density at radius 1 is 1.03 bits per heavy atom. The van der Waals surface area contributed by atoms with Gasteiger partial charge in [-0.3, -0.25) is 0 Å². The van der Waals surface area contributed by atoms with Crippen LogP contribution in [-0.2, 0) is 22.9 Å². The summed E-state index contributed by atoms with van der Waals surface area (Å²) in [5.41, 5.74) is 3.15. The van der Waals surface area contributed by atoms with Crippen molar-refractivity contribution in [3.8, 4) is 11.4 Å². The van der Waals surface area contributed by atoms with Crippen LogP contribution in [0.4, 0.5) is 0 Å². The molecule has 0 spiro atoms. The Labute approximate surface area is 180 Å². The summed E-state index contributed by atoms with van der Waals surface area (Å²) in [5.74, 6) is 0.731. The highest BCUT2D eigenvalue weighted by atomic mass is 35.5. The largest absolute Gasteiger partial charge is 0.337 e. The van der Waals surface area contributed by atoms with Crippen molar-refractivity contribution in [3.63, 3.8) is 0 Å². The van der Waals surface area contributed by atoms with Crippen LogP contribution in [0, 0.1) is 0 Å². The first-order chi connectivity index (χ1) is 14.5. The zero-order valence-electron chi connectivity index (χ0n) is 16.4. The lowest BCUT2D eigenvalue weighted by Gasteiger charge is -2.23. The molecule has 0 N–H and O–H groups in total. The van der Waals surface area contributed by atoms with Crippen molar-refractivity contribution < 1.29 is 12.9 Å². The number of fused-ring (bicyclic) bond motifs is 1. The molecule has 1 aliphatic carbocycles. The number of benzene rings is 2. The first kappa shape index (κ1) is 19.7. The molecular weight excluding hydrogens is 422 g/mol. The van der Waals surface area contributed by atoms with Crippen LogP contribution in [0.1, 0.15) is 48.7 Å². The maximum Gasteiger partial charge on any atom is 0.245 e. The number of hydrogen-bond donors (Lipinski definition) is 0. The molecule has 0 saturated carbocycles. The van der Waals surface area contributed by atoms with Crippen LogP contribution < -0.4 is 0 Å². The van der Waals surface area contributed by atoms with E-state index in [0.29, 0.717) is 34.6 Å². The maximum atomic E-state index is 13.4. The summed E-state index contributed by atoms with van der Waals surface area (Å²) in [6.07, 6.45) is 5.65. The molecule has 0 bridgehead atoms. The highest BCUT2D eigenvalue weighted by Gasteiger charge is 2.39. The molecule has 6 nitrogen and oxygen atoms in total. The summed E-state index contributed by atoms with van der Waals surface area (Å²) in [7, 11) is -3.65. The van der Waals surface area contributed by atoms with Gasteiger partial charge in [-0.2, -0.15) is 9.29 Å². The van der Waals surface area contributed by atoms with E-state index in [1.54, 1.807) is 18.2 Å². The fourth-order valence-corrected chi connectivity index (χ4v) is 6.29. The molecule has 0 radical (unpaired) electrons. The van der Waals surface area contributed by atoms with Gasteiger partial charge in [0, 0.05) is 17.1 Å². The number of hydrogen-bond acceptors (Lipinski definition) is 5. The van der Waals surface area contributed by atoms with E-state index in [4.69, 9.17) is 16.1 Å². The molecule has 1 atom stereocenters. The highest BCUT2D eigenvalue weighted by Crippen LogP contribution is 2.37. The molecule has 156 valence electrons. The van der Waals surface area contributed by atoms with Crippen molar-refractivity contribution >= 4 is 21.6 Å². The number of nitrogens with zero attached hydrogens (tertiary/aromatic N) is 3. The predicted octanol–water partition coefficient (Wildman–Crippen LogP) is 4.79. The summed E-state index contributed by atoms with van der Waals surface area (Å²) in [6.45, 7) is 0.443. The summed E-state index contributed by atoms with van der Waals surface area (Å²) < 4.78 is 33.9. The molecule has 0 amide bonds. The molecule has 2 aliphatic rings. The van der Waals surface area contributed by atoms with Crippen molar-refractivity contribution in [2.24, 2.45) is 0 Å². The van der Waals surface area contributed by atoms with Crippen LogP contribution in [0.25, 0.3) is 11.4 Å². The van der Waals surface area contributed by atoms with Gasteiger partial charge in [0.2, 0.25) is 21.7 Å². The lowest BCUT2D eigenvalue weighted by molar-refractivity contribution is 0.290. The highest BCUT2D eigenvalue weighted by molar-refractivity contribution is 7.89. The van der Waals surface area contributed by atoms with Crippen molar-refractivity contribution in [2.75, 3.05) is 6.54 Å². The molecule has 1 aromatic heterocycles. The average Bonchev–Trinajstić information content (AvgIpc) is 3.43. The monoisotopic (exact) mass is 443 g/mol. The maximum absolute atomic E-state index is 13.4. The molecule has 30 heavy (non-hydrogen) atoms. The predicted molar refractivity (Wildman–Crippen MR) is 114 cm³/mol. The lowest BCUT2D eigenvalue weighted by Crippen LogP contribution is -2.31. The van der Waals surface area contributed by atoms with E-state index in [1.807, 2.05) is 24.3 Å². The van der Waals surface area contributed by atoms with Crippen LogP contribution in [0.2, 0.25) is 5.02 Å². The molecule has 0 unspecified atom stereocenters. The molecule has 2 heterocycles. The van der Waals surface area contributed by atoms with E-state index in [-0.39, 0.29) is 0 Å². The third-order valence-corrected chi connectivity index (χ3v) is 8.08. The Balaban J connectivity index is 1.45. The van der Waals surface area contributed by atoms with Gasteiger partial charge < -0.3 is 4.52 Å². The van der Waals surface area contributed by atoms with Gasteiger partial charge in [-0.1, -0.05) is 35.0 Å². The Hall–Kier alpha value is -2.22. The van der Waals surface area contributed by atoms with E-state index in [9.17, 15) is 8.42 Å². The van der Waals surface area contributed by atoms with Gasteiger partial charge in [0.15, 0.2) is 0 Å². The quantitative estimate of drug-likeness (QED) is 0.579. The third kappa shape index (κ3) is 3.55. The summed E-state index contributed by atoms with van der Waals surface area (Å²) in [5, 5.41) is 4.63. The minimum atomic E-state index is -3.65. The van der Waals surface area contributed by atoms with E-state index in [0.717, 1.165) is 36.8 Å². The van der Waals surface area contributed by atoms with Crippen LogP contribution in [0.5, 0.6) is 0 Å². The van der Waals surface area contributed by atoms with E-state index >= 15 is 0 Å². The standard InChI is InChI=1S/C22H22ClN3O3S/c23-18-8-3-7-17(13-18)21-24-22(29-25-21)20-9-4-12-26(20)30(27,28)19-11-10-15-5-1-2-6-16(15)14-19/h3,7-8,10-11,13-14,20H,1-2,4-6,9,12H2/t20-/m0/s1. The fourth-order valence-electron chi connectivity index (χ4n) is 4.40. The van der Waals surface area contributed by atoms with E-state index in [2.05, 4.69) is 10.1 Å². The van der Waals surface area contributed by atoms with Crippen LogP contribution in [-0.4, -0.2) is 29.4 Å². The molecule has 3 aromatic rings. The molecule has 1 fully saturated rings. The van der Waals surface area contributed by atoms with E-state index in [1.165, 1.54) is 16.3 Å². The summed E-state index contributed by atoms with van der Waals surface area (Å²) in [6, 6.07) is 12.3. The Bertz CT molecular complexity index is 1190. The lowest BCUT2D eigenvalue weighted by atomic mass is 9.92. The Morgan fingerprint density at radius 3 is 2.70 bits per heavy atom. The first-order valence-electron chi connectivity index (χ1n) is 10.3. The van der Waals surface area contributed by atoms with Gasteiger partial charge in [-0.25, -0.2) is 8.42 Å². The number of sulfonamides is 1. The number of halogens is 1. The molecule has 1 aliphatic heterocycles. The third-order valence-electron chi connectivity index (χ3n) is 5.94. The summed E-state index contributed by atoms with van der Waals surface area (Å²) >= 11 is 6.06. The second-order valence-electron chi connectivity index (χ2n) is 7.88. The molecule has 5 rings (SSSR count). The topological polar surface area (TPSA) is 76.3 Å². The van der Waals surface area contributed by atoms with Gasteiger partial charge in [-0.05, 0) is 73.9 Å². The minimum absolute atomic E-state index is 0.323. The van der Waals surface area contributed by atoms with Crippen LogP contribution in [0.3, 0.4) is 0 Å². The normalized spacial score (nSPS) is 19.7. The second kappa shape index (κ2) is 7.80. The number of aromatic nitrogens is 2. The first-order valence-corrected chi connectivity index (χ1v) is 12.1.